The number of aromatic nitrogens is 5. The first kappa shape index (κ1) is 15.7. The van der Waals surface area contributed by atoms with Crippen LogP contribution in [0.1, 0.15) is 53.9 Å². The molecule has 0 spiro atoms. The first-order valence-electron chi connectivity index (χ1n) is 7.92. The van der Waals surface area contributed by atoms with Crippen molar-refractivity contribution in [1.29, 1.82) is 0 Å². The number of carbonyl (C=O) groups excluding carboxylic acids is 1. The normalized spacial score (nSPS) is 18.0. The maximum absolute atomic E-state index is 12.4. The van der Waals surface area contributed by atoms with Gasteiger partial charge in [0.15, 0.2) is 5.82 Å². The number of hydrogen-bond donors (Lipinski definition) is 2. The van der Waals surface area contributed by atoms with Crippen molar-refractivity contribution >= 4 is 5.91 Å². The predicted octanol–water partition coefficient (Wildman–Crippen LogP) is 0.838. The van der Waals surface area contributed by atoms with Crippen molar-refractivity contribution in [2.45, 2.75) is 31.7 Å². The van der Waals surface area contributed by atoms with Gasteiger partial charge in [0.05, 0.1) is 12.2 Å². The Morgan fingerprint density at radius 3 is 2.78 bits per heavy atom. The molecule has 2 N–H and O–H groups in total. The number of piperidine rings is 1. The van der Waals surface area contributed by atoms with Gasteiger partial charge in [0.25, 0.3) is 5.91 Å². The number of nitrogens with zero attached hydrogens (tertiary/aromatic N) is 5. The monoisotopic (exact) mass is 317 g/mol. The van der Waals surface area contributed by atoms with Crippen LogP contribution in [0.15, 0.2) is 12.5 Å². The summed E-state index contributed by atoms with van der Waals surface area (Å²) in [5, 5.41) is 10.8. The van der Waals surface area contributed by atoms with Gasteiger partial charge in [-0.1, -0.05) is 0 Å². The van der Waals surface area contributed by atoms with Crippen molar-refractivity contribution < 1.29 is 4.79 Å². The number of nitrogens with one attached hydrogen (secondary N) is 2. The zero-order chi connectivity index (χ0) is 16.4. The molecule has 1 amide bonds. The highest BCUT2D eigenvalue weighted by molar-refractivity contribution is 5.92. The summed E-state index contributed by atoms with van der Waals surface area (Å²) in [6.45, 7) is 4.02. The van der Waals surface area contributed by atoms with E-state index in [1.54, 1.807) is 17.1 Å². The number of likely N-dealkylation sites (tertiary alicyclic amines) is 1. The molecule has 1 unspecified atom stereocenters. The number of aromatic amines is 1. The molecule has 2 aromatic heterocycles. The lowest BCUT2D eigenvalue weighted by atomic mass is 9.97. The van der Waals surface area contributed by atoms with E-state index in [0.29, 0.717) is 17.4 Å². The molecule has 3 rings (SSSR count). The average molecular weight is 317 g/mol. The number of imidazole rings is 1. The molecule has 1 aliphatic rings. The molecule has 0 bridgehead atoms. The Hall–Kier alpha value is -2.22. The van der Waals surface area contributed by atoms with Crippen LogP contribution in [0, 0.1) is 0 Å². The van der Waals surface area contributed by atoms with Crippen LogP contribution >= 0.6 is 0 Å². The Morgan fingerprint density at radius 2 is 2.13 bits per heavy atom. The molecular formula is C15H23N7O. The number of aryl methyl sites for hydroxylation is 1. The molecule has 8 heteroatoms. The molecule has 23 heavy (non-hydrogen) atoms. The van der Waals surface area contributed by atoms with E-state index in [1.807, 2.05) is 14.0 Å². The van der Waals surface area contributed by atoms with Crippen LogP contribution in [0.25, 0.3) is 0 Å². The molecule has 8 nitrogen and oxygen atoms in total. The van der Waals surface area contributed by atoms with Crippen LogP contribution < -0.4 is 5.32 Å². The van der Waals surface area contributed by atoms with Gasteiger partial charge in [-0.25, -0.2) is 4.98 Å². The predicted molar refractivity (Wildman–Crippen MR) is 84.9 cm³/mol. The summed E-state index contributed by atoms with van der Waals surface area (Å²) in [6.07, 6.45) is 5.37. The molecule has 0 aromatic carbocycles. The van der Waals surface area contributed by atoms with Gasteiger partial charge in [0.2, 0.25) is 0 Å². The molecule has 1 fully saturated rings. The number of carbonyl (C=O) groups is 1. The van der Waals surface area contributed by atoms with Crippen LogP contribution in [0.2, 0.25) is 0 Å². The first-order chi connectivity index (χ1) is 11.0. The topological polar surface area (TPSA) is 91.7 Å². The Morgan fingerprint density at radius 1 is 1.39 bits per heavy atom. The van der Waals surface area contributed by atoms with E-state index in [-0.39, 0.29) is 11.9 Å². The maximum atomic E-state index is 12.4. The molecule has 1 aliphatic heterocycles. The van der Waals surface area contributed by atoms with E-state index in [9.17, 15) is 4.79 Å². The van der Waals surface area contributed by atoms with E-state index < -0.39 is 0 Å². The van der Waals surface area contributed by atoms with E-state index in [2.05, 4.69) is 37.4 Å². The molecule has 0 radical (unpaired) electrons. The summed E-state index contributed by atoms with van der Waals surface area (Å²) in [5.41, 5.74) is 0.493. The molecular weight excluding hydrogens is 294 g/mol. The third kappa shape index (κ3) is 3.42. The Balaban J connectivity index is 1.63. The van der Waals surface area contributed by atoms with Crippen LogP contribution in [0.4, 0.5) is 0 Å². The minimum atomic E-state index is -0.218. The number of rotatable bonds is 4. The van der Waals surface area contributed by atoms with Crippen molar-refractivity contribution in [3.63, 3.8) is 0 Å². The lowest BCUT2D eigenvalue weighted by Crippen LogP contribution is -2.30. The number of amides is 1. The summed E-state index contributed by atoms with van der Waals surface area (Å²) < 4.78 is 1.79. The van der Waals surface area contributed by atoms with E-state index in [0.717, 1.165) is 31.8 Å². The molecule has 1 atom stereocenters. The van der Waals surface area contributed by atoms with Gasteiger partial charge in [-0.2, -0.15) is 0 Å². The molecule has 3 heterocycles. The SMILES string of the molecule is CC(NC(=O)c1cnc(C2CCN(C)CC2)[nH]1)c1nncn1C. The zero-order valence-corrected chi connectivity index (χ0v) is 13.8. The summed E-state index contributed by atoms with van der Waals surface area (Å²) in [6, 6.07) is -0.218. The summed E-state index contributed by atoms with van der Waals surface area (Å²) in [7, 11) is 3.98. The fourth-order valence-electron chi connectivity index (χ4n) is 2.96. The molecule has 0 saturated carbocycles. The van der Waals surface area contributed by atoms with Gasteiger partial charge < -0.3 is 19.8 Å². The van der Waals surface area contributed by atoms with Gasteiger partial charge in [-0.05, 0) is 39.9 Å². The van der Waals surface area contributed by atoms with Gasteiger partial charge >= 0.3 is 0 Å². The number of H-pyrrole nitrogens is 1. The Bertz CT molecular complexity index is 669. The van der Waals surface area contributed by atoms with Gasteiger partial charge in [0.1, 0.15) is 17.8 Å². The smallest absolute Gasteiger partial charge is 0.269 e. The highest BCUT2D eigenvalue weighted by Crippen LogP contribution is 2.25. The first-order valence-corrected chi connectivity index (χ1v) is 7.92. The van der Waals surface area contributed by atoms with E-state index in [4.69, 9.17) is 0 Å². The van der Waals surface area contributed by atoms with Crippen molar-refractivity contribution in [2.75, 3.05) is 20.1 Å². The zero-order valence-electron chi connectivity index (χ0n) is 13.8. The molecule has 124 valence electrons. The van der Waals surface area contributed by atoms with E-state index in [1.165, 1.54) is 0 Å². The van der Waals surface area contributed by atoms with Crippen LogP contribution in [0.5, 0.6) is 0 Å². The van der Waals surface area contributed by atoms with Crippen LogP contribution in [-0.4, -0.2) is 55.7 Å². The average Bonchev–Trinajstić information content (AvgIpc) is 3.17. The summed E-state index contributed by atoms with van der Waals surface area (Å²) in [4.78, 5) is 22.3. The van der Waals surface area contributed by atoms with Gasteiger partial charge in [0, 0.05) is 13.0 Å². The minimum Gasteiger partial charge on any atom is -0.341 e. The summed E-state index contributed by atoms with van der Waals surface area (Å²) >= 11 is 0. The largest absolute Gasteiger partial charge is 0.341 e. The van der Waals surface area contributed by atoms with E-state index >= 15 is 0 Å². The van der Waals surface area contributed by atoms with Crippen LogP contribution in [0.3, 0.4) is 0 Å². The third-order valence-corrected chi connectivity index (χ3v) is 4.43. The highest BCUT2D eigenvalue weighted by atomic mass is 16.2. The van der Waals surface area contributed by atoms with Crippen molar-refractivity contribution in [1.82, 2.24) is 34.9 Å². The fraction of sp³-hybridized carbons (Fsp3) is 0.600. The maximum Gasteiger partial charge on any atom is 0.269 e. The Kier molecular flexibility index (Phi) is 4.42. The molecule has 0 aliphatic carbocycles. The second kappa shape index (κ2) is 6.49. The third-order valence-electron chi connectivity index (χ3n) is 4.43. The summed E-state index contributed by atoms with van der Waals surface area (Å²) in [5.74, 6) is 1.86. The highest BCUT2D eigenvalue weighted by Gasteiger charge is 2.23. The quantitative estimate of drug-likeness (QED) is 0.872. The standard InChI is InChI=1S/C15H23N7O/c1-10(14-20-17-9-22(14)3)18-15(23)12-8-16-13(19-12)11-4-6-21(2)7-5-11/h8-11H,4-7H2,1-3H3,(H,16,19)(H,18,23). The fourth-order valence-corrected chi connectivity index (χ4v) is 2.96. The van der Waals surface area contributed by atoms with Crippen molar-refractivity contribution in [2.24, 2.45) is 7.05 Å². The Labute approximate surface area is 135 Å². The molecule has 2 aromatic rings. The van der Waals surface area contributed by atoms with Crippen molar-refractivity contribution in [3.05, 3.63) is 29.9 Å². The lowest BCUT2D eigenvalue weighted by molar-refractivity contribution is 0.0933. The van der Waals surface area contributed by atoms with Crippen LogP contribution in [-0.2, 0) is 7.05 Å². The van der Waals surface area contributed by atoms with Gasteiger partial charge in [-0.15, -0.1) is 10.2 Å². The second-order valence-corrected chi connectivity index (χ2v) is 6.25. The van der Waals surface area contributed by atoms with Crippen molar-refractivity contribution in [3.8, 4) is 0 Å². The molecule has 1 saturated heterocycles. The van der Waals surface area contributed by atoms with Gasteiger partial charge in [-0.3, -0.25) is 4.79 Å². The number of hydrogen-bond acceptors (Lipinski definition) is 5. The lowest BCUT2D eigenvalue weighted by Gasteiger charge is -2.27. The second-order valence-electron chi connectivity index (χ2n) is 6.25. The minimum absolute atomic E-state index is 0.174.